The van der Waals surface area contributed by atoms with E-state index < -0.39 is 0 Å². The van der Waals surface area contributed by atoms with Gasteiger partial charge in [0.15, 0.2) is 5.78 Å². The van der Waals surface area contributed by atoms with Crippen molar-refractivity contribution in [3.8, 4) is 5.75 Å². The fraction of sp³-hybridized carbons (Fsp3) is 0.333. The summed E-state index contributed by atoms with van der Waals surface area (Å²) < 4.78 is 10.3. The number of methoxy groups -OCH3 is 2. The third kappa shape index (κ3) is 5.07. The lowest BCUT2D eigenvalue weighted by atomic mass is 9.85. The highest BCUT2D eigenvalue weighted by Gasteiger charge is 2.28. The van der Waals surface area contributed by atoms with E-state index in [9.17, 15) is 9.59 Å². The minimum Gasteiger partial charge on any atom is -0.497 e. The number of carbonyl (C=O) groups excluding carboxylic acids is 2. The van der Waals surface area contributed by atoms with Crippen molar-refractivity contribution in [3.05, 3.63) is 70.8 Å². The summed E-state index contributed by atoms with van der Waals surface area (Å²) in [4.78, 5) is 25.3. The Kier molecular flexibility index (Phi) is 6.57. The van der Waals surface area contributed by atoms with Crippen LogP contribution in [0.1, 0.15) is 45.7 Å². The van der Waals surface area contributed by atoms with Gasteiger partial charge in [-0.05, 0) is 50.1 Å². The van der Waals surface area contributed by atoms with Crippen LogP contribution in [0.2, 0.25) is 0 Å². The Balaban J connectivity index is 1.89. The molecule has 158 valence electrons. The first kappa shape index (κ1) is 21.6. The van der Waals surface area contributed by atoms with Crippen LogP contribution in [0.4, 0.5) is 0 Å². The zero-order valence-corrected chi connectivity index (χ0v) is 17.9. The molecule has 30 heavy (non-hydrogen) atoms. The van der Waals surface area contributed by atoms with E-state index in [-0.39, 0.29) is 17.2 Å². The van der Waals surface area contributed by atoms with E-state index in [1.165, 1.54) is 0 Å². The van der Waals surface area contributed by atoms with E-state index in [1.807, 2.05) is 18.2 Å². The summed E-state index contributed by atoms with van der Waals surface area (Å²) in [7, 11) is 3.20. The molecular formula is C24H28N2O4. The van der Waals surface area contributed by atoms with Gasteiger partial charge >= 0.3 is 0 Å². The molecule has 0 unspecified atom stereocenters. The minimum atomic E-state index is -0.235. The van der Waals surface area contributed by atoms with Gasteiger partial charge in [0.2, 0.25) is 0 Å². The van der Waals surface area contributed by atoms with Crippen molar-refractivity contribution in [2.24, 2.45) is 0 Å². The smallest absolute Gasteiger partial charge is 0.251 e. The Morgan fingerprint density at radius 1 is 1.13 bits per heavy atom. The summed E-state index contributed by atoms with van der Waals surface area (Å²) in [5.41, 5.74) is 3.57. The molecule has 1 aliphatic rings. The van der Waals surface area contributed by atoms with E-state index in [1.54, 1.807) is 44.6 Å². The summed E-state index contributed by atoms with van der Waals surface area (Å²) in [6.45, 7) is 5.04. The highest BCUT2D eigenvalue weighted by atomic mass is 16.5. The average molecular weight is 408 g/mol. The molecule has 0 spiro atoms. The lowest BCUT2D eigenvalue weighted by molar-refractivity contribution is 0.0937. The molecule has 6 nitrogen and oxygen atoms in total. The molecule has 0 aliphatic carbocycles. The Morgan fingerprint density at radius 2 is 1.90 bits per heavy atom. The summed E-state index contributed by atoms with van der Waals surface area (Å²) in [5.74, 6) is 0.334. The van der Waals surface area contributed by atoms with Gasteiger partial charge in [-0.15, -0.1) is 0 Å². The van der Waals surface area contributed by atoms with Crippen molar-refractivity contribution in [1.82, 2.24) is 10.6 Å². The second kappa shape index (κ2) is 9.13. The van der Waals surface area contributed by atoms with Crippen LogP contribution in [-0.2, 0) is 11.2 Å². The maximum absolute atomic E-state index is 13.0. The molecule has 0 radical (unpaired) electrons. The number of ether oxygens (including phenoxy) is 2. The van der Waals surface area contributed by atoms with Crippen LogP contribution in [0.3, 0.4) is 0 Å². The van der Waals surface area contributed by atoms with Gasteiger partial charge in [0, 0.05) is 47.7 Å². The third-order valence-corrected chi connectivity index (χ3v) is 4.99. The van der Waals surface area contributed by atoms with Gasteiger partial charge < -0.3 is 20.1 Å². The molecule has 2 N–H and O–H groups in total. The second-order valence-corrected chi connectivity index (χ2v) is 7.96. The van der Waals surface area contributed by atoms with Gasteiger partial charge in [-0.1, -0.05) is 18.2 Å². The van der Waals surface area contributed by atoms with Crippen molar-refractivity contribution in [1.29, 1.82) is 0 Å². The lowest BCUT2D eigenvalue weighted by Gasteiger charge is -2.35. The molecule has 0 fully saturated rings. The SMILES string of the molecule is COCCNC(=O)c1cccc(C(=O)C=C2NC(C)(C)Cc3ccc(OC)cc32)c1. The normalized spacial score (nSPS) is 15.8. The molecule has 0 bridgehead atoms. The van der Waals surface area contributed by atoms with Crippen LogP contribution in [0, 0.1) is 0 Å². The maximum atomic E-state index is 13.0. The Bertz CT molecular complexity index is 979. The number of allylic oxidation sites excluding steroid dienone is 1. The molecule has 0 atom stereocenters. The number of fused-ring (bicyclic) bond motifs is 1. The average Bonchev–Trinajstić information content (AvgIpc) is 2.73. The van der Waals surface area contributed by atoms with Crippen molar-refractivity contribution >= 4 is 17.4 Å². The van der Waals surface area contributed by atoms with E-state index >= 15 is 0 Å². The van der Waals surface area contributed by atoms with Gasteiger partial charge in [0.1, 0.15) is 5.75 Å². The predicted octanol–water partition coefficient (Wildman–Crippen LogP) is 3.22. The molecule has 6 heteroatoms. The molecule has 2 aromatic carbocycles. The molecule has 0 aromatic heterocycles. The monoisotopic (exact) mass is 408 g/mol. The molecule has 0 saturated heterocycles. The number of rotatable bonds is 7. The zero-order valence-electron chi connectivity index (χ0n) is 17.9. The first-order valence-corrected chi connectivity index (χ1v) is 9.91. The van der Waals surface area contributed by atoms with E-state index in [0.29, 0.717) is 24.3 Å². The van der Waals surface area contributed by atoms with Gasteiger partial charge in [0.25, 0.3) is 5.91 Å². The highest BCUT2D eigenvalue weighted by molar-refractivity contribution is 6.10. The lowest BCUT2D eigenvalue weighted by Crippen LogP contribution is -2.43. The largest absolute Gasteiger partial charge is 0.497 e. The molecule has 0 saturated carbocycles. The minimum absolute atomic E-state index is 0.171. The van der Waals surface area contributed by atoms with Gasteiger partial charge in [-0.2, -0.15) is 0 Å². The molecular weight excluding hydrogens is 380 g/mol. The summed E-state index contributed by atoms with van der Waals surface area (Å²) in [6.07, 6.45) is 2.44. The highest BCUT2D eigenvalue weighted by Crippen LogP contribution is 2.32. The molecule has 1 amide bonds. The number of hydrogen-bond donors (Lipinski definition) is 2. The summed E-state index contributed by atoms with van der Waals surface area (Å²) >= 11 is 0. The summed E-state index contributed by atoms with van der Waals surface area (Å²) in [5, 5.41) is 6.23. The molecule has 1 heterocycles. The third-order valence-electron chi connectivity index (χ3n) is 4.99. The van der Waals surface area contributed by atoms with Crippen LogP contribution in [0.25, 0.3) is 5.70 Å². The van der Waals surface area contributed by atoms with Crippen molar-refractivity contribution < 1.29 is 19.1 Å². The molecule has 1 aliphatic heterocycles. The fourth-order valence-electron chi connectivity index (χ4n) is 3.55. The molecule has 2 aromatic rings. The number of hydrogen-bond acceptors (Lipinski definition) is 5. The first-order valence-electron chi connectivity index (χ1n) is 9.91. The topological polar surface area (TPSA) is 76.7 Å². The van der Waals surface area contributed by atoms with Crippen molar-refractivity contribution in [2.75, 3.05) is 27.4 Å². The predicted molar refractivity (Wildman–Crippen MR) is 117 cm³/mol. The zero-order chi connectivity index (χ0) is 21.7. The van der Waals surface area contributed by atoms with E-state index in [0.717, 1.165) is 29.0 Å². The van der Waals surface area contributed by atoms with Gasteiger partial charge in [-0.3, -0.25) is 9.59 Å². The number of ketones is 1. The van der Waals surface area contributed by atoms with E-state index in [4.69, 9.17) is 9.47 Å². The van der Waals surface area contributed by atoms with Crippen LogP contribution in [-0.4, -0.2) is 44.6 Å². The Morgan fingerprint density at radius 3 is 2.63 bits per heavy atom. The van der Waals surface area contributed by atoms with Crippen LogP contribution in [0.15, 0.2) is 48.5 Å². The van der Waals surface area contributed by atoms with Crippen LogP contribution < -0.4 is 15.4 Å². The Hall–Kier alpha value is -3.12. The number of benzene rings is 2. The van der Waals surface area contributed by atoms with Crippen molar-refractivity contribution in [2.45, 2.75) is 25.8 Å². The van der Waals surface area contributed by atoms with Gasteiger partial charge in [-0.25, -0.2) is 0 Å². The standard InChI is InChI=1S/C24H28N2O4/c1-24(2)15-18-8-9-19(30-4)13-20(18)21(26-24)14-22(27)16-6-5-7-17(12-16)23(28)25-10-11-29-3/h5-9,12-14,26H,10-11,15H2,1-4H3,(H,25,28). The van der Waals surface area contributed by atoms with E-state index in [2.05, 4.69) is 24.5 Å². The molecule has 3 rings (SSSR count). The first-order chi connectivity index (χ1) is 14.3. The quantitative estimate of drug-likeness (QED) is 0.418. The van der Waals surface area contributed by atoms with Crippen molar-refractivity contribution in [3.63, 3.8) is 0 Å². The van der Waals surface area contributed by atoms with Crippen LogP contribution >= 0.6 is 0 Å². The van der Waals surface area contributed by atoms with Crippen LogP contribution in [0.5, 0.6) is 5.75 Å². The Labute approximate surface area is 177 Å². The summed E-state index contributed by atoms with van der Waals surface area (Å²) in [6, 6.07) is 12.6. The number of amides is 1. The fourth-order valence-corrected chi connectivity index (χ4v) is 3.55. The number of nitrogens with one attached hydrogen (secondary N) is 2. The number of carbonyl (C=O) groups is 2. The second-order valence-electron chi connectivity index (χ2n) is 7.96. The maximum Gasteiger partial charge on any atom is 0.251 e. The van der Waals surface area contributed by atoms with Gasteiger partial charge in [0.05, 0.1) is 13.7 Å².